The van der Waals surface area contributed by atoms with E-state index in [1.54, 1.807) is 13.2 Å². The molecule has 0 amide bonds. The summed E-state index contributed by atoms with van der Waals surface area (Å²) in [6.45, 7) is 2.91. The largest absolute Gasteiger partial charge is 0.424 e. The molecule has 7 heteroatoms. The van der Waals surface area contributed by atoms with Crippen LogP contribution in [0.1, 0.15) is 11.3 Å². The lowest BCUT2D eigenvalue weighted by Crippen LogP contribution is -2.29. The van der Waals surface area contributed by atoms with Gasteiger partial charge in [0.15, 0.2) is 5.58 Å². The number of hydrogen-bond acceptors (Lipinski definition) is 5. The SMILES string of the molecule is COCCNc1nc2cc(N3CCc4[nH]c5cc(F)ccc5c4C3)ccc2o1. The van der Waals surface area contributed by atoms with Crippen molar-refractivity contribution in [2.75, 3.05) is 37.0 Å². The number of oxazole rings is 1. The van der Waals surface area contributed by atoms with Gasteiger partial charge in [0.2, 0.25) is 0 Å². The third-order valence-corrected chi connectivity index (χ3v) is 5.26. The Morgan fingerprint density at radius 3 is 3.11 bits per heavy atom. The zero-order chi connectivity index (χ0) is 19.1. The molecular weight excluding hydrogens is 359 g/mol. The van der Waals surface area contributed by atoms with E-state index in [2.05, 4.69) is 32.3 Å². The second-order valence-electron chi connectivity index (χ2n) is 7.03. The number of fused-ring (bicyclic) bond motifs is 4. The van der Waals surface area contributed by atoms with Gasteiger partial charge in [-0.15, -0.1) is 0 Å². The molecule has 4 aromatic rings. The Bertz CT molecular complexity index is 1150. The molecular formula is C21H21FN4O2. The Morgan fingerprint density at radius 2 is 2.21 bits per heavy atom. The van der Waals surface area contributed by atoms with Crippen molar-refractivity contribution < 1.29 is 13.5 Å². The van der Waals surface area contributed by atoms with Gasteiger partial charge in [-0.1, -0.05) is 0 Å². The predicted molar refractivity (Wildman–Crippen MR) is 107 cm³/mol. The van der Waals surface area contributed by atoms with Gasteiger partial charge in [0.25, 0.3) is 6.01 Å². The standard InChI is InChI=1S/C21H21FN4O2/c1-27-9-7-23-21-25-19-11-14(3-5-20(19)28-21)26-8-6-17-16(12-26)15-4-2-13(22)10-18(15)24-17/h2-5,10-11,24H,6-9,12H2,1H3,(H,23,25). The fraction of sp³-hybridized carbons (Fsp3) is 0.286. The molecule has 0 aliphatic carbocycles. The number of rotatable bonds is 5. The van der Waals surface area contributed by atoms with E-state index in [1.807, 2.05) is 12.1 Å². The molecule has 0 radical (unpaired) electrons. The number of hydrogen-bond donors (Lipinski definition) is 2. The van der Waals surface area contributed by atoms with Crippen LogP contribution in [0, 0.1) is 5.82 Å². The number of aromatic amines is 1. The molecule has 3 heterocycles. The summed E-state index contributed by atoms with van der Waals surface area (Å²) in [6.07, 6.45) is 0.895. The van der Waals surface area contributed by atoms with Gasteiger partial charge in [-0.2, -0.15) is 4.98 Å². The Morgan fingerprint density at radius 1 is 1.29 bits per heavy atom. The van der Waals surface area contributed by atoms with Crippen molar-refractivity contribution in [1.29, 1.82) is 0 Å². The smallest absolute Gasteiger partial charge is 0.295 e. The first-order valence-electron chi connectivity index (χ1n) is 9.38. The van der Waals surface area contributed by atoms with E-state index in [1.165, 1.54) is 17.3 Å². The maximum atomic E-state index is 13.5. The summed E-state index contributed by atoms with van der Waals surface area (Å²) in [7, 11) is 1.66. The van der Waals surface area contributed by atoms with Gasteiger partial charge in [0.1, 0.15) is 11.3 Å². The molecule has 2 aromatic heterocycles. The van der Waals surface area contributed by atoms with Gasteiger partial charge in [-0.05, 0) is 36.4 Å². The van der Waals surface area contributed by atoms with Gasteiger partial charge in [-0.25, -0.2) is 4.39 Å². The lowest BCUT2D eigenvalue weighted by atomic mass is 10.0. The van der Waals surface area contributed by atoms with Crippen molar-refractivity contribution in [2.24, 2.45) is 0 Å². The van der Waals surface area contributed by atoms with Crippen LogP contribution in [-0.2, 0) is 17.7 Å². The monoisotopic (exact) mass is 380 g/mol. The average Bonchev–Trinajstić information content (AvgIpc) is 3.26. The van der Waals surface area contributed by atoms with E-state index in [-0.39, 0.29) is 5.82 Å². The molecule has 1 aliphatic rings. The second kappa shape index (κ2) is 6.83. The lowest BCUT2D eigenvalue weighted by molar-refractivity contribution is 0.210. The fourth-order valence-corrected chi connectivity index (χ4v) is 3.86. The van der Waals surface area contributed by atoms with Gasteiger partial charge >= 0.3 is 0 Å². The Kier molecular flexibility index (Phi) is 4.16. The zero-order valence-corrected chi connectivity index (χ0v) is 15.6. The van der Waals surface area contributed by atoms with Crippen LogP contribution in [0.3, 0.4) is 0 Å². The molecule has 0 atom stereocenters. The van der Waals surface area contributed by atoms with E-state index in [9.17, 15) is 4.39 Å². The molecule has 6 nitrogen and oxygen atoms in total. The van der Waals surface area contributed by atoms with Crippen molar-refractivity contribution in [3.8, 4) is 0 Å². The average molecular weight is 380 g/mol. The van der Waals surface area contributed by atoms with Crippen molar-refractivity contribution in [3.05, 3.63) is 53.5 Å². The quantitative estimate of drug-likeness (QED) is 0.511. The first-order valence-corrected chi connectivity index (χ1v) is 9.38. The summed E-state index contributed by atoms with van der Waals surface area (Å²) in [4.78, 5) is 10.2. The first-order chi connectivity index (χ1) is 13.7. The van der Waals surface area contributed by atoms with Crippen LogP contribution in [0.2, 0.25) is 0 Å². The number of anilines is 2. The molecule has 5 rings (SSSR count). The lowest BCUT2D eigenvalue weighted by Gasteiger charge is -2.29. The van der Waals surface area contributed by atoms with Gasteiger partial charge in [-0.3, -0.25) is 0 Å². The van der Waals surface area contributed by atoms with Crippen LogP contribution in [-0.4, -0.2) is 36.8 Å². The molecule has 2 aromatic carbocycles. The van der Waals surface area contributed by atoms with E-state index < -0.39 is 0 Å². The molecule has 144 valence electrons. The van der Waals surface area contributed by atoms with Crippen LogP contribution >= 0.6 is 0 Å². The summed E-state index contributed by atoms with van der Waals surface area (Å²) >= 11 is 0. The first kappa shape index (κ1) is 17.1. The molecule has 2 N–H and O–H groups in total. The maximum Gasteiger partial charge on any atom is 0.295 e. The van der Waals surface area contributed by atoms with Gasteiger partial charge < -0.3 is 24.4 Å². The number of halogens is 1. The highest BCUT2D eigenvalue weighted by molar-refractivity contribution is 5.86. The van der Waals surface area contributed by atoms with Crippen molar-refractivity contribution in [2.45, 2.75) is 13.0 Å². The minimum absolute atomic E-state index is 0.214. The van der Waals surface area contributed by atoms with Crippen molar-refractivity contribution >= 4 is 33.7 Å². The molecule has 0 bridgehead atoms. The zero-order valence-electron chi connectivity index (χ0n) is 15.6. The molecule has 0 saturated heterocycles. The van der Waals surface area contributed by atoms with E-state index in [4.69, 9.17) is 9.15 Å². The maximum absolute atomic E-state index is 13.5. The number of nitrogens with one attached hydrogen (secondary N) is 2. The molecule has 0 unspecified atom stereocenters. The second-order valence-corrected chi connectivity index (χ2v) is 7.03. The van der Waals surface area contributed by atoms with Crippen LogP contribution in [0.5, 0.6) is 0 Å². The summed E-state index contributed by atoms with van der Waals surface area (Å²) in [5, 5.41) is 4.21. The van der Waals surface area contributed by atoms with E-state index >= 15 is 0 Å². The normalized spacial score (nSPS) is 14.0. The predicted octanol–water partition coefficient (Wildman–Crippen LogP) is 4.07. The van der Waals surface area contributed by atoms with Crippen LogP contribution in [0.4, 0.5) is 16.1 Å². The van der Waals surface area contributed by atoms with Crippen molar-refractivity contribution in [3.63, 3.8) is 0 Å². The third kappa shape index (κ3) is 2.97. The molecule has 0 fully saturated rings. The summed E-state index contributed by atoms with van der Waals surface area (Å²) < 4.78 is 24.3. The summed E-state index contributed by atoms with van der Waals surface area (Å²) in [6, 6.07) is 11.5. The van der Waals surface area contributed by atoms with E-state index in [0.29, 0.717) is 19.2 Å². The minimum atomic E-state index is -0.214. The molecule has 1 aliphatic heterocycles. The van der Waals surface area contributed by atoms with Crippen molar-refractivity contribution in [1.82, 2.24) is 9.97 Å². The highest BCUT2D eigenvalue weighted by Gasteiger charge is 2.21. The van der Waals surface area contributed by atoms with Gasteiger partial charge in [0.05, 0.1) is 6.61 Å². The number of ether oxygens (including phenoxy) is 1. The molecule has 28 heavy (non-hydrogen) atoms. The number of methoxy groups -OCH3 is 1. The minimum Gasteiger partial charge on any atom is -0.424 e. The summed E-state index contributed by atoms with van der Waals surface area (Å²) in [5.74, 6) is -0.214. The van der Waals surface area contributed by atoms with Crippen LogP contribution in [0.15, 0.2) is 40.8 Å². The Labute approximate surface area is 161 Å². The third-order valence-electron chi connectivity index (χ3n) is 5.26. The number of H-pyrrole nitrogens is 1. The highest BCUT2D eigenvalue weighted by Crippen LogP contribution is 2.32. The van der Waals surface area contributed by atoms with E-state index in [0.717, 1.165) is 47.2 Å². The summed E-state index contributed by atoms with van der Waals surface area (Å²) in [5.41, 5.74) is 5.98. The fourth-order valence-electron chi connectivity index (χ4n) is 3.86. The number of nitrogens with zero attached hydrogens (tertiary/aromatic N) is 2. The van der Waals surface area contributed by atoms with Crippen LogP contribution < -0.4 is 10.2 Å². The Balaban J connectivity index is 1.42. The Hall–Kier alpha value is -3.06. The van der Waals surface area contributed by atoms with Gasteiger partial charge in [0, 0.05) is 61.0 Å². The molecule has 0 saturated carbocycles. The van der Waals surface area contributed by atoms with Crippen LogP contribution in [0.25, 0.3) is 22.0 Å². The number of aromatic nitrogens is 2. The topological polar surface area (TPSA) is 66.3 Å². The highest BCUT2D eigenvalue weighted by atomic mass is 19.1. The number of benzene rings is 2. The molecule has 0 spiro atoms.